The van der Waals surface area contributed by atoms with Crippen molar-refractivity contribution in [1.29, 1.82) is 0 Å². The van der Waals surface area contributed by atoms with E-state index in [-0.39, 0.29) is 19.1 Å². The fourth-order valence-electron chi connectivity index (χ4n) is 3.75. The minimum absolute atomic E-state index is 0.0485. The summed E-state index contributed by atoms with van der Waals surface area (Å²) in [6, 6.07) is 8.31. The number of hydrogen-bond acceptors (Lipinski definition) is 8. The Balaban J connectivity index is 1.34. The van der Waals surface area contributed by atoms with Crippen LogP contribution in [0.2, 0.25) is 0 Å². The van der Waals surface area contributed by atoms with Gasteiger partial charge in [-0.1, -0.05) is 6.07 Å². The zero-order valence-corrected chi connectivity index (χ0v) is 20.1. The SMILES string of the molecule is CS(=O)(=O)OC[C@H]1CN(c2ccc(N3CCN(C(=O)/C=C/c4cccs4)CC3)c(F)c2)C(=O)O1. The number of anilines is 2. The molecular weight excluding hydrogens is 485 g/mol. The second-order valence-corrected chi connectivity index (χ2v) is 10.5. The summed E-state index contributed by atoms with van der Waals surface area (Å²) in [5.41, 5.74) is 0.690. The van der Waals surface area contributed by atoms with Crippen LogP contribution in [-0.4, -0.2) is 77.0 Å². The average molecular weight is 510 g/mol. The van der Waals surface area contributed by atoms with E-state index in [1.54, 1.807) is 40.5 Å². The van der Waals surface area contributed by atoms with Crippen molar-refractivity contribution >= 4 is 50.9 Å². The number of amides is 2. The number of ether oxygens (including phenoxy) is 1. The number of thiophene rings is 1. The van der Waals surface area contributed by atoms with Gasteiger partial charge in [0.25, 0.3) is 10.1 Å². The van der Waals surface area contributed by atoms with E-state index in [0.717, 1.165) is 11.1 Å². The lowest BCUT2D eigenvalue weighted by Crippen LogP contribution is -2.48. The van der Waals surface area contributed by atoms with Gasteiger partial charge in [-0.05, 0) is 35.7 Å². The fourth-order valence-corrected chi connectivity index (χ4v) is 4.77. The van der Waals surface area contributed by atoms with Crippen LogP contribution in [0.3, 0.4) is 0 Å². The molecule has 2 saturated heterocycles. The Hall–Kier alpha value is -2.96. The van der Waals surface area contributed by atoms with Crippen molar-refractivity contribution < 1.29 is 31.3 Å². The van der Waals surface area contributed by atoms with Gasteiger partial charge in [-0.3, -0.25) is 13.9 Å². The quantitative estimate of drug-likeness (QED) is 0.418. The molecule has 2 amide bonds. The topological polar surface area (TPSA) is 96.5 Å². The van der Waals surface area contributed by atoms with E-state index in [1.165, 1.54) is 11.0 Å². The Labute approximate surface area is 201 Å². The highest BCUT2D eigenvalue weighted by Crippen LogP contribution is 2.28. The number of cyclic esters (lactones) is 1. The van der Waals surface area contributed by atoms with Gasteiger partial charge < -0.3 is 14.5 Å². The monoisotopic (exact) mass is 509 g/mol. The summed E-state index contributed by atoms with van der Waals surface area (Å²) in [5.74, 6) is -0.579. The lowest BCUT2D eigenvalue weighted by molar-refractivity contribution is -0.126. The number of nitrogens with zero attached hydrogens (tertiary/aromatic N) is 3. The second kappa shape index (κ2) is 10.1. The van der Waals surface area contributed by atoms with Crippen molar-refractivity contribution in [1.82, 2.24) is 4.90 Å². The van der Waals surface area contributed by atoms with E-state index in [1.807, 2.05) is 22.4 Å². The number of piperazine rings is 1. The average Bonchev–Trinajstić information content (AvgIpc) is 3.45. The molecule has 0 bridgehead atoms. The molecule has 2 fully saturated rings. The Bertz CT molecular complexity index is 1180. The summed E-state index contributed by atoms with van der Waals surface area (Å²) in [7, 11) is -3.66. The molecule has 0 unspecified atom stereocenters. The van der Waals surface area contributed by atoms with Crippen LogP contribution in [-0.2, 0) is 23.8 Å². The molecule has 1 atom stereocenters. The summed E-state index contributed by atoms with van der Waals surface area (Å²) < 4.78 is 47.0. The maximum absolute atomic E-state index is 14.9. The fraction of sp³-hybridized carbons (Fsp3) is 0.364. The van der Waals surface area contributed by atoms with Gasteiger partial charge in [-0.25, -0.2) is 9.18 Å². The Morgan fingerprint density at radius 3 is 2.68 bits per heavy atom. The number of halogens is 1. The molecule has 0 saturated carbocycles. The summed E-state index contributed by atoms with van der Waals surface area (Å²) in [5, 5.41) is 1.95. The van der Waals surface area contributed by atoms with Crippen LogP contribution in [0.1, 0.15) is 4.88 Å². The largest absolute Gasteiger partial charge is 0.441 e. The number of carbonyl (C=O) groups is 2. The molecule has 1 aromatic heterocycles. The molecule has 0 radical (unpaired) electrons. The van der Waals surface area contributed by atoms with Crippen LogP contribution in [0.5, 0.6) is 0 Å². The lowest BCUT2D eigenvalue weighted by atomic mass is 10.2. The third-order valence-corrected chi connectivity index (χ3v) is 6.85. The highest BCUT2D eigenvalue weighted by molar-refractivity contribution is 7.85. The van der Waals surface area contributed by atoms with Crippen LogP contribution >= 0.6 is 11.3 Å². The third kappa shape index (κ3) is 5.93. The zero-order chi connectivity index (χ0) is 24.3. The van der Waals surface area contributed by atoms with E-state index in [4.69, 9.17) is 4.74 Å². The molecule has 0 spiro atoms. The van der Waals surface area contributed by atoms with Crippen LogP contribution in [0.4, 0.5) is 20.6 Å². The standard InChI is InChI=1S/C22H24FN3O6S2/c1-34(29,30)31-15-17-14-26(22(28)32-17)16-4-6-20(19(23)13-16)24-8-10-25(11-9-24)21(27)7-5-18-3-2-12-33-18/h2-7,12-13,17H,8-11,14-15H2,1H3/b7-5+/t17-/m1/s1. The molecule has 12 heteroatoms. The van der Waals surface area contributed by atoms with Crippen LogP contribution in [0.25, 0.3) is 6.08 Å². The molecule has 0 aliphatic carbocycles. The molecule has 0 N–H and O–H groups in total. The van der Waals surface area contributed by atoms with Crippen molar-refractivity contribution in [2.45, 2.75) is 6.10 Å². The third-order valence-electron chi connectivity index (χ3n) is 5.45. The smallest absolute Gasteiger partial charge is 0.414 e. The number of hydrogen-bond donors (Lipinski definition) is 0. The van der Waals surface area contributed by atoms with Gasteiger partial charge in [0.15, 0.2) is 0 Å². The van der Waals surface area contributed by atoms with E-state index >= 15 is 0 Å². The Kier molecular flexibility index (Phi) is 7.19. The summed E-state index contributed by atoms with van der Waals surface area (Å²) in [4.78, 5) is 30.4. The molecule has 4 rings (SSSR count). The van der Waals surface area contributed by atoms with Gasteiger partial charge in [0.05, 0.1) is 24.2 Å². The summed E-state index contributed by atoms with van der Waals surface area (Å²) >= 11 is 1.55. The maximum Gasteiger partial charge on any atom is 0.414 e. The summed E-state index contributed by atoms with van der Waals surface area (Å²) in [6.45, 7) is 1.64. The van der Waals surface area contributed by atoms with E-state index in [0.29, 0.717) is 37.6 Å². The van der Waals surface area contributed by atoms with E-state index in [9.17, 15) is 22.4 Å². The normalized spacial score (nSPS) is 19.2. The Morgan fingerprint density at radius 2 is 2.03 bits per heavy atom. The van der Waals surface area contributed by atoms with E-state index < -0.39 is 28.1 Å². The maximum atomic E-state index is 14.9. The molecule has 182 valence electrons. The van der Waals surface area contributed by atoms with Gasteiger partial charge in [-0.15, -0.1) is 11.3 Å². The van der Waals surface area contributed by atoms with Gasteiger partial charge in [0, 0.05) is 37.1 Å². The first-order valence-electron chi connectivity index (χ1n) is 10.6. The van der Waals surface area contributed by atoms with Crippen LogP contribution in [0, 0.1) is 5.82 Å². The first kappa shape index (κ1) is 24.2. The molecule has 2 aliphatic heterocycles. The first-order valence-corrected chi connectivity index (χ1v) is 13.3. The van der Waals surface area contributed by atoms with Crippen LogP contribution in [0.15, 0.2) is 41.8 Å². The van der Waals surface area contributed by atoms with Crippen molar-refractivity contribution in [3.63, 3.8) is 0 Å². The molecule has 1 aromatic carbocycles. The van der Waals surface area contributed by atoms with Crippen molar-refractivity contribution in [2.75, 3.05) is 55.4 Å². The molecule has 34 heavy (non-hydrogen) atoms. The predicted molar refractivity (Wildman–Crippen MR) is 127 cm³/mol. The van der Waals surface area contributed by atoms with Gasteiger partial charge in [0.2, 0.25) is 5.91 Å². The minimum Gasteiger partial charge on any atom is -0.441 e. The zero-order valence-electron chi connectivity index (χ0n) is 18.4. The van der Waals surface area contributed by atoms with Crippen LogP contribution < -0.4 is 9.80 Å². The lowest BCUT2D eigenvalue weighted by Gasteiger charge is -2.36. The molecule has 2 aromatic rings. The van der Waals surface area contributed by atoms with Crippen molar-refractivity contribution in [3.05, 3.63) is 52.5 Å². The second-order valence-electron chi connectivity index (χ2n) is 7.90. The first-order chi connectivity index (χ1) is 16.2. The predicted octanol–water partition coefficient (Wildman–Crippen LogP) is 2.55. The highest BCUT2D eigenvalue weighted by atomic mass is 32.2. The Morgan fingerprint density at radius 1 is 1.26 bits per heavy atom. The molecule has 2 aliphatic rings. The number of benzene rings is 1. The number of carbonyl (C=O) groups excluding carboxylic acids is 2. The summed E-state index contributed by atoms with van der Waals surface area (Å²) in [6.07, 6.45) is 2.79. The van der Waals surface area contributed by atoms with Crippen molar-refractivity contribution in [2.24, 2.45) is 0 Å². The van der Waals surface area contributed by atoms with Gasteiger partial charge in [0.1, 0.15) is 18.5 Å². The van der Waals surface area contributed by atoms with Gasteiger partial charge >= 0.3 is 6.09 Å². The molecular formula is C22H24FN3O6S2. The highest BCUT2D eigenvalue weighted by Gasteiger charge is 2.34. The van der Waals surface area contributed by atoms with Gasteiger partial charge in [-0.2, -0.15) is 8.42 Å². The van der Waals surface area contributed by atoms with Crippen molar-refractivity contribution in [3.8, 4) is 0 Å². The molecule has 3 heterocycles. The minimum atomic E-state index is -3.66. The molecule has 9 nitrogen and oxygen atoms in total. The number of rotatable bonds is 7. The van der Waals surface area contributed by atoms with E-state index in [2.05, 4.69) is 4.18 Å².